The smallest absolute Gasteiger partial charge is 0.409 e. The molecular formula is C15H27N3O4. The molecule has 1 rings (SSSR count). The zero-order valence-corrected chi connectivity index (χ0v) is 13.8. The van der Waals surface area contributed by atoms with Crippen LogP contribution in [0.3, 0.4) is 0 Å². The molecule has 126 valence electrons. The van der Waals surface area contributed by atoms with Gasteiger partial charge in [-0.2, -0.15) is 0 Å². The SMILES string of the molecule is CCOC(=O)N1CCC(NC(=O)CC(=O)N(CC)CC)CC1. The third-order valence-corrected chi connectivity index (χ3v) is 3.81. The molecule has 22 heavy (non-hydrogen) atoms. The lowest BCUT2D eigenvalue weighted by Crippen LogP contribution is -2.47. The van der Waals surface area contributed by atoms with Gasteiger partial charge in [0.2, 0.25) is 11.8 Å². The molecule has 0 saturated carbocycles. The van der Waals surface area contributed by atoms with Gasteiger partial charge in [0.1, 0.15) is 6.42 Å². The number of hydrogen-bond acceptors (Lipinski definition) is 4. The number of carbonyl (C=O) groups is 3. The topological polar surface area (TPSA) is 79.0 Å². The van der Waals surface area contributed by atoms with Gasteiger partial charge >= 0.3 is 6.09 Å². The molecule has 0 bridgehead atoms. The molecule has 1 aliphatic heterocycles. The van der Waals surface area contributed by atoms with Crippen LogP contribution in [0.5, 0.6) is 0 Å². The van der Waals surface area contributed by atoms with Crippen molar-refractivity contribution in [1.29, 1.82) is 0 Å². The second kappa shape index (κ2) is 9.27. The molecule has 1 N–H and O–H groups in total. The fourth-order valence-electron chi connectivity index (χ4n) is 2.53. The minimum absolute atomic E-state index is 0.0164. The molecule has 3 amide bonds. The van der Waals surface area contributed by atoms with Gasteiger partial charge in [-0.15, -0.1) is 0 Å². The second-order valence-electron chi connectivity index (χ2n) is 5.27. The first kappa shape index (κ1) is 18.3. The van der Waals surface area contributed by atoms with E-state index < -0.39 is 0 Å². The van der Waals surface area contributed by atoms with Crippen LogP contribution in [0.15, 0.2) is 0 Å². The monoisotopic (exact) mass is 313 g/mol. The second-order valence-corrected chi connectivity index (χ2v) is 5.27. The van der Waals surface area contributed by atoms with Gasteiger partial charge in [-0.05, 0) is 33.6 Å². The van der Waals surface area contributed by atoms with E-state index in [4.69, 9.17) is 4.74 Å². The van der Waals surface area contributed by atoms with Crippen molar-refractivity contribution < 1.29 is 19.1 Å². The normalized spacial score (nSPS) is 15.3. The van der Waals surface area contributed by atoms with Crippen molar-refractivity contribution in [3.63, 3.8) is 0 Å². The Hall–Kier alpha value is -1.79. The predicted molar refractivity (Wildman–Crippen MR) is 82.3 cm³/mol. The molecule has 0 aliphatic carbocycles. The van der Waals surface area contributed by atoms with Crippen LogP contribution >= 0.6 is 0 Å². The van der Waals surface area contributed by atoms with E-state index in [2.05, 4.69) is 5.32 Å². The lowest BCUT2D eigenvalue weighted by molar-refractivity contribution is -0.136. The predicted octanol–water partition coefficient (Wildman–Crippen LogP) is 0.982. The number of nitrogens with zero attached hydrogens (tertiary/aromatic N) is 2. The van der Waals surface area contributed by atoms with Gasteiger partial charge in [-0.3, -0.25) is 9.59 Å². The fourth-order valence-corrected chi connectivity index (χ4v) is 2.53. The van der Waals surface area contributed by atoms with Crippen molar-refractivity contribution >= 4 is 17.9 Å². The Morgan fingerprint density at radius 3 is 2.23 bits per heavy atom. The highest BCUT2D eigenvalue weighted by molar-refractivity contribution is 5.97. The molecule has 0 aromatic rings. The summed E-state index contributed by atoms with van der Waals surface area (Å²) in [6.45, 7) is 8.28. The van der Waals surface area contributed by atoms with Gasteiger partial charge in [-0.25, -0.2) is 4.79 Å². The average Bonchev–Trinajstić information content (AvgIpc) is 2.49. The molecular weight excluding hydrogens is 286 g/mol. The van der Waals surface area contributed by atoms with Crippen molar-refractivity contribution in [1.82, 2.24) is 15.1 Å². The highest BCUT2D eigenvalue weighted by Gasteiger charge is 2.25. The number of likely N-dealkylation sites (tertiary alicyclic amines) is 1. The quantitative estimate of drug-likeness (QED) is 0.742. The number of nitrogens with one attached hydrogen (secondary N) is 1. The van der Waals surface area contributed by atoms with Gasteiger partial charge in [-0.1, -0.05) is 0 Å². The number of ether oxygens (including phenoxy) is 1. The first-order valence-corrected chi connectivity index (χ1v) is 8.00. The fraction of sp³-hybridized carbons (Fsp3) is 0.800. The first-order valence-electron chi connectivity index (χ1n) is 8.00. The number of amides is 3. The Labute approximate surface area is 132 Å². The van der Waals surface area contributed by atoms with Crippen LogP contribution in [-0.4, -0.2) is 66.5 Å². The van der Waals surface area contributed by atoms with Crippen molar-refractivity contribution in [2.24, 2.45) is 0 Å². The Kier molecular flexibility index (Phi) is 7.70. The molecule has 0 radical (unpaired) electrons. The maximum absolute atomic E-state index is 11.9. The van der Waals surface area contributed by atoms with Crippen LogP contribution in [0.2, 0.25) is 0 Å². The Morgan fingerprint density at radius 1 is 1.14 bits per heavy atom. The van der Waals surface area contributed by atoms with E-state index in [9.17, 15) is 14.4 Å². The van der Waals surface area contributed by atoms with E-state index >= 15 is 0 Å². The Balaban J connectivity index is 2.33. The van der Waals surface area contributed by atoms with Crippen molar-refractivity contribution in [2.75, 3.05) is 32.8 Å². The molecule has 1 heterocycles. The van der Waals surface area contributed by atoms with E-state index in [0.717, 1.165) is 0 Å². The minimum atomic E-state index is -0.302. The molecule has 0 unspecified atom stereocenters. The number of piperidine rings is 1. The Morgan fingerprint density at radius 2 is 1.73 bits per heavy atom. The van der Waals surface area contributed by atoms with Crippen LogP contribution in [0.1, 0.15) is 40.0 Å². The van der Waals surface area contributed by atoms with E-state index in [0.29, 0.717) is 45.6 Å². The zero-order chi connectivity index (χ0) is 16.5. The number of carbonyl (C=O) groups excluding carboxylic acids is 3. The molecule has 7 nitrogen and oxygen atoms in total. The van der Waals surface area contributed by atoms with Gasteiger partial charge < -0.3 is 19.9 Å². The Bertz CT molecular complexity index is 388. The van der Waals surface area contributed by atoms with Crippen LogP contribution in [0.25, 0.3) is 0 Å². The number of rotatable bonds is 6. The summed E-state index contributed by atoms with van der Waals surface area (Å²) < 4.78 is 4.95. The third-order valence-electron chi connectivity index (χ3n) is 3.81. The van der Waals surface area contributed by atoms with E-state index in [1.165, 1.54) is 0 Å². The van der Waals surface area contributed by atoms with Crippen LogP contribution in [0.4, 0.5) is 4.79 Å². The summed E-state index contributed by atoms with van der Waals surface area (Å²) in [4.78, 5) is 38.6. The summed E-state index contributed by atoms with van der Waals surface area (Å²) in [6, 6.07) is 0.0164. The highest BCUT2D eigenvalue weighted by atomic mass is 16.6. The maximum Gasteiger partial charge on any atom is 0.409 e. The first-order chi connectivity index (χ1) is 10.5. The molecule has 0 aromatic carbocycles. The lowest BCUT2D eigenvalue weighted by atomic mass is 10.1. The van der Waals surface area contributed by atoms with Crippen molar-refractivity contribution in [2.45, 2.75) is 46.1 Å². The third kappa shape index (κ3) is 5.54. The summed E-state index contributed by atoms with van der Waals surface area (Å²) in [6.07, 6.45) is 0.956. The van der Waals surface area contributed by atoms with Gasteiger partial charge in [0.05, 0.1) is 6.61 Å². The summed E-state index contributed by atoms with van der Waals surface area (Å²) >= 11 is 0. The van der Waals surface area contributed by atoms with Gasteiger partial charge in [0.15, 0.2) is 0 Å². The highest BCUT2D eigenvalue weighted by Crippen LogP contribution is 2.11. The maximum atomic E-state index is 11.9. The molecule has 1 aliphatic rings. The molecule has 1 fully saturated rings. The van der Waals surface area contributed by atoms with E-state index in [1.54, 1.807) is 16.7 Å². The molecule has 0 aromatic heterocycles. The molecule has 1 saturated heterocycles. The zero-order valence-electron chi connectivity index (χ0n) is 13.8. The van der Waals surface area contributed by atoms with Gasteiger partial charge in [0, 0.05) is 32.2 Å². The largest absolute Gasteiger partial charge is 0.450 e. The standard InChI is InChI=1S/C15H27N3O4/c1-4-17(5-2)14(20)11-13(19)16-12-7-9-18(10-8-12)15(21)22-6-3/h12H,4-11H2,1-3H3,(H,16,19). The minimum Gasteiger partial charge on any atom is -0.450 e. The summed E-state index contributed by atoms with van der Waals surface area (Å²) in [5, 5.41) is 2.88. The molecule has 0 spiro atoms. The van der Waals surface area contributed by atoms with Crippen LogP contribution in [-0.2, 0) is 14.3 Å². The van der Waals surface area contributed by atoms with Gasteiger partial charge in [0.25, 0.3) is 0 Å². The number of hydrogen-bond donors (Lipinski definition) is 1. The van der Waals surface area contributed by atoms with Crippen molar-refractivity contribution in [3.05, 3.63) is 0 Å². The van der Waals surface area contributed by atoms with Crippen molar-refractivity contribution in [3.8, 4) is 0 Å². The lowest BCUT2D eigenvalue weighted by Gasteiger charge is -2.31. The van der Waals surface area contributed by atoms with E-state index in [1.807, 2.05) is 13.8 Å². The molecule has 7 heteroatoms. The van der Waals surface area contributed by atoms with E-state index in [-0.39, 0.29) is 30.4 Å². The van der Waals surface area contributed by atoms with Crippen LogP contribution in [0, 0.1) is 0 Å². The molecule has 0 atom stereocenters. The average molecular weight is 313 g/mol. The van der Waals surface area contributed by atoms with Crippen LogP contribution < -0.4 is 5.32 Å². The summed E-state index contributed by atoms with van der Waals surface area (Å²) in [5.74, 6) is -0.391. The summed E-state index contributed by atoms with van der Waals surface area (Å²) in [5.41, 5.74) is 0. The summed E-state index contributed by atoms with van der Waals surface area (Å²) in [7, 11) is 0.